The van der Waals surface area contributed by atoms with Crippen molar-refractivity contribution in [2.24, 2.45) is 0 Å². The van der Waals surface area contributed by atoms with E-state index in [1.807, 2.05) is 56.3 Å². The fraction of sp³-hybridized carbons (Fsp3) is 0.385. The fourth-order valence-electron chi connectivity index (χ4n) is 5.78. The number of halogens is 1. The number of pyridine rings is 2. The van der Waals surface area contributed by atoms with Crippen molar-refractivity contribution in [3.8, 4) is 11.1 Å². The Balaban J connectivity index is 1.23. The van der Waals surface area contributed by atoms with Crippen LogP contribution in [0.2, 0.25) is 23.2 Å². The minimum absolute atomic E-state index is 0.182. The van der Waals surface area contributed by atoms with Gasteiger partial charge in [0.1, 0.15) is 11.4 Å². The molecule has 9 nitrogen and oxygen atoms in total. The number of aromatic nitrogens is 2. The van der Waals surface area contributed by atoms with Crippen molar-refractivity contribution in [2.75, 3.05) is 37.4 Å². The van der Waals surface area contributed by atoms with Gasteiger partial charge >= 0.3 is 0 Å². The van der Waals surface area contributed by atoms with Crippen molar-refractivity contribution >= 4 is 43.1 Å². The van der Waals surface area contributed by atoms with Crippen LogP contribution in [0.5, 0.6) is 0 Å². The van der Waals surface area contributed by atoms with E-state index >= 15 is 0 Å². The van der Waals surface area contributed by atoms with E-state index in [2.05, 4.69) is 71.7 Å². The summed E-state index contributed by atoms with van der Waals surface area (Å²) in [6, 6.07) is 16.7. The van der Waals surface area contributed by atoms with E-state index in [-0.39, 0.29) is 16.9 Å². The molecular weight excluding hydrogens is 664 g/mol. The Labute approximate surface area is 302 Å². The first-order chi connectivity index (χ1) is 23.6. The second-order valence-electron chi connectivity index (χ2n) is 14.6. The second-order valence-corrected chi connectivity index (χ2v) is 19.8. The number of anilines is 2. The molecule has 1 aliphatic rings. The topological polar surface area (TPSA) is 108 Å². The van der Waals surface area contributed by atoms with Gasteiger partial charge in [-0.05, 0) is 104 Å². The third kappa shape index (κ3) is 8.67. The van der Waals surface area contributed by atoms with Crippen LogP contribution in [-0.2, 0) is 23.9 Å². The average molecular weight is 713 g/mol. The molecule has 0 fully saturated rings. The van der Waals surface area contributed by atoms with Crippen LogP contribution in [0.3, 0.4) is 0 Å². The van der Waals surface area contributed by atoms with Gasteiger partial charge in [0.2, 0.25) is 0 Å². The predicted octanol–water partition coefficient (Wildman–Crippen LogP) is 8.02. The highest BCUT2D eigenvalue weighted by molar-refractivity contribution is 6.74. The molecule has 3 heterocycles. The van der Waals surface area contributed by atoms with Crippen LogP contribution in [0.4, 0.5) is 11.4 Å². The monoisotopic (exact) mass is 712 g/mol. The van der Waals surface area contributed by atoms with E-state index in [0.717, 1.165) is 53.0 Å². The minimum atomic E-state index is -1.78. The number of carbonyl (C=O) groups is 2. The number of amides is 2. The van der Waals surface area contributed by atoms with Crippen LogP contribution in [0.15, 0.2) is 60.8 Å². The third-order valence-corrected chi connectivity index (χ3v) is 14.8. The van der Waals surface area contributed by atoms with Crippen LogP contribution in [0, 0.1) is 13.8 Å². The molecule has 0 saturated carbocycles. The van der Waals surface area contributed by atoms with E-state index in [4.69, 9.17) is 16.0 Å². The summed E-state index contributed by atoms with van der Waals surface area (Å²) >= 11 is 6.91. The number of hydrogen-bond donors (Lipinski definition) is 3. The quantitative estimate of drug-likeness (QED) is 0.135. The van der Waals surface area contributed by atoms with Crippen molar-refractivity contribution in [1.82, 2.24) is 20.2 Å². The Morgan fingerprint density at radius 3 is 2.36 bits per heavy atom. The summed E-state index contributed by atoms with van der Waals surface area (Å²) in [4.78, 5) is 37.9. The Hall–Kier alpha value is -3.93. The van der Waals surface area contributed by atoms with Gasteiger partial charge in [-0.2, -0.15) is 0 Å². The van der Waals surface area contributed by atoms with Crippen LogP contribution in [0.1, 0.15) is 69.7 Å². The summed E-state index contributed by atoms with van der Waals surface area (Å²) in [6.07, 6.45) is 2.65. The van der Waals surface area contributed by atoms with Gasteiger partial charge in [-0.1, -0.05) is 62.7 Å². The third-order valence-electron chi connectivity index (χ3n) is 9.88. The summed E-state index contributed by atoms with van der Waals surface area (Å²) in [5, 5.41) is 9.88. The number of nitrogens with zero attached hydrogens (tertiary/aromatic N) is 3. The van der Waals surface area contributed by atoms with Gasteiger partial charge in [-0.25, -0.2) is 4.98 Å². The van der Waals surface area contributed by atoms with Gasteiger partial charge in [0.15, 0.2) is 8.32 Å². The van der Waals surface area contributed by atoms with Gasteiger partial charge in [-0.3, -0.25) is 19.5 Å². The molecule has 2 aromatic heterocycles. The van der Waals surface area contributed by atoms with E-state index in [1.165, 1.54) is 5.56 Å². The maximum absolute atomic E-state index is 13.3. The highest BCUT2D eigenvalue weighted by Gasteiger charge is 2.37. The number of fused-ring (bicyclic) bond motifs is 1. The number of hydrogen-bond acceptors (Lipinski definition) is 7. The highest BCUT2D eigenvalue weighted by atomic mass is 35.5. The smallest absolute Gasteiger partial charge is 0.274 e. The van der Waals surface area contributed by atoms with Gasteiger partial charge in [-0.15, -0.1) is 0 Å². The van der Waals surface area contributed by atoms with Crippen molar-refractivity contribution in [3.63, 3.8) is 0 Å². The molecule has 0 unspecified atom stereocenters. The molecule has 0 aliphatic carbocycles. The first-order valence-corrected chi connectivity index (χ1v) is 20.4. The van der Waals surface area contributed by atoms with Gasteiger partial charge in [0.25, 0.3) is 11.8 Å². The Morgan fingerprint density at radius 1 is 0.980 bits per heavy atom. The standard InChI is InChI=1S/C39H49ClN6O3Si/c1-25-21-34(43-35-23-41-18-17-28(25)35)38(48)45-32-14-10-12-30(36(32)40)29-11-9-13-31(26(29)2)44-37(47)33-16-15-27(22-42-33)24-46(6)19-20-49-50(7,8)39(3,4)5/h9-16,21-22,41H,17-20,23-24H2,1-8H3,(H,44,47)(H,45,48). The lowest BCUT2D eigenvalue weighted by Crippen LogP contribution is -2.42. The Bertz CT molecular complexity index is 1870. The number of likely N-dealkylation sites (N-methyl/N-ethyl adjacent to an activating group) is 1. The Morgan fingerprint density at radius 2 is 1.66 bits per heavy atom. The van der Waals surface area contributed by atoms with Gasteiger partial charge < -0.3 is 20.4 Å². The van der Waals surface area contributed by atoms with E-state index < -0.39 is 8.32 Å². The van der Waals surface area contributed by atoms with Gasteiger partial charge in [0, 0.05) is 43.7 Å². The predicted molar refractivity (Wildman–Crippen MR) is 206 cm³/mol. The molecule has 3 N–H and O–H groups in total. The number of aryl methyl sites for hydroxylation is 1. The van der Waals surface area contributed by atoms with E-state index in [1.54, 1.807) is 18.3 Å². The first-order valence-electron chi connectivity index (χ1n) is 17.1. The molecule has 2 amide bonds. The molecule has 0 bridgehead atoms. The van der Waals surface area contributed by atoms with Crippen LogP contribution < -0.4 is 16.0 Å². The summed E-state index contributed by atoms with van der Waals surface area (Å²) in [5.74, 6) is -0.623. The zero-order chi connectivity index (χ0) is 36.2. The molecule has 0 atom stereocenters. The molecule has 0 spiro atoms. The molecular formula is C39H49ClN6O3Si. The SMILES string of the molecule is Cc1cc(C(=O)Nc2cccc(-c3cccc(NC(=O)c4ccc(CN(C)CCO[Si](C)(C)C(C)(C)C)cn4)c3C)c2Cl)nc2c1CCNC2. The molecule has 11 heteroatoms. The van der Waals surface area contributed by atoms with Crippen molar-refractivity contribution in [3.05, 3.63) is 105 Å². The molecule has 50 heavy (non-hydrogen) atoms. The molecule has 0 saturated heterocycles. The Kier molecular flexibility index (Phi) is 11.6. The summed E-state index contributed by atoms with van der Waals surface area (Å²) in [7, 11) is 0.281. The van der Waals surface area contributed by atoms with E-state index in [0.29, 0.717) is 47.5 Å². The lowest BCUT2D eigenvalue weighted by atomic mass is 9.98. The molecule has 0 radical (unpaired) electrons. The number of nitrogens with one attached hydrogen (secondary N) is 3. The largest absolute Gasteiger partial charge is 0.416 e. The average Bonchev–Trinajstić information content (AvgIpc) is 3.06. The maximum Gasteiger partial charge on any atom is 0.274 e. The normalized spacial score (nSPS) is 13.2. The summed E-state index contributed by atoms with van der Waals surface area (Å²) < 4.78 is 6.32. The minimum Gasteiger partial charge on any atom is -0.416 e. The van der Waals surface area contributed by atoms with Gasteiger partial charge in [0.05, 0.1) is 16.4 Å². The fourth-order valence-corrected chi connectivity index (χ4v) is 7.09. The van der Waals surface area contributed by atoms with Crippen molar-refractivity contribution < 1.29 is 14.0 Å². The first kappa shape index (κ1) is 37.3. The molecule has 2 aromatic carbocycles. The molecule has 4 aromatic rings. The molecule has 264 valence electrons. The lowest BCUT2D eigenvalue weighted by Gasteiger charge is -2.36. The molecule has 5 rings (SSSR count). The number of rotatable bonds is 11. The zero-order valence-electron chi connectivity index (χ0n) is 30.5. The number of carbonyl (C=O) groups excluding carboxylic acids is 2. The van der Waals surface area contributed by atoms with Crippen molar-refractivity contribution in [1.29, 1.82) is 0 Å². The lowest BCUT2D eigenvalue weighted by molar-refractivity contribution is 0.101. The summed E-state index contributed by atoms with van der Waals surface area (Å²) in [5.41, 5.74) is 8.41. The second kappa shape index (κ2) is 15.5. The zero-order valence-corrected chi connectivity index (χ0v) is 32.2. The van der Waals surface area contributed by atoms with Crippen LogP contribution >= 0.6 is 11.6 Å². The summed E-state index contributed by atoms with van der Waals surface area (Å²) in [6.45, 7) is 19.0. The molecule has 1 aliphatic heterocycles. The highest BCUT2D eigenvalue weighted by Crippen LogP contribution is 2.38. The maximum atomic E-state index is 13.3. The number of benzene rings is 2. The van der Waals surface area contributed by atoms with Crippen LogP contribution in [0.25, 0.3) is 11.1 Å². The van der Waals surface area contributed by atoms with E-state index in [9.17, 15) is 9.59 Å². The van der Waals surface area contributed by atoms with Crippen LogP contribution in [-0.4, -0.2) is 61.7 Å². The van der Waals surface area contributed by atoms with Crippen molar-refractivity contribution in [2.45, 2.75) is 72.3 Å².